The van der Waals surface area contributed by atoms with Crippen LogP contribution in [0, 0.1) is 0 Å². The average molecular weight is 542 g/mol. The Hall–Kier alpha value is -2.28. The Labute approximate surface area is 206 Å². The summed E-state index contributed by atoms with van der Waals surface area (Å²) in [6.07, 6.45) is 0.874. The van der Waals surface area contributed by atoms with Crippen molar-refractivity contribution in [2.24, 2.45) is 5.73 Å². The van der Waals surface area contributed by atoms with E-state index < -0.39 is 38.7 Å². The minimum atomic E-state index is -4.23. The first-order valence-corrected chi connectivity index (χ1v) is 11.6. The number of sulfonamides is 1. The minimum Gasteiger partial charge on any atom is -0.504 e. The number of amides is 2. The van der Waals surface area contributed by atoms with Crippen LogP contribution in [-0.2, 0) is 14.8 Å². The molecule has 1 unspecified atom stereocenters. The molecule has 0 aromatic heterocycles. The predicted octanol–water partition coefficient (Wildman–Crippen LogP) is 3.63. The molecule has 7 N–H and O–H groups in total. The van der Waals surface area contributed by atoms with Crippen molar-refractivity contribution in [3.63, 3.8) is 0 Å². The molecular formula is C19H23Cl3N4O6S. The maximum absolute atomic E-state index is 12.6. The van der Waals surface area contributed by atoms with E-state index in [-0.39, 0.29) is 36.1 Å². The van der Waals surface area contributed by atoms with E-state index in [0.717, 1.165) is 0 Å². The van der Waals surface area contributed by atoms with E-state index in [1.807, 2.05) is 0 Å². The number of hydrogen-bond acceptors (Lipinski definition) is 6. The second kappa shape index (κ2) is 12.8. The third-order valence-corrected chi connectivity index (χ3v) is 6.57. The van der Waals surface area contributed by atoms with Crippen LogP contribution in [0.2, 0.25) is 10.0 Å². The third-order valence-electron chi connectivity index (χ3n) is 4.27. The molecule has 0 aliphatic rings. The highest BCUT2D eigenvalue weighted by molar-refractivity contribution is 7.89. The number of carboxylic acids is 1. The summed E-state index contributed by atoms with van der Waals surface area (Å²) < 4.78 is 27.5. The largest absolute Gasteiger partial charge is 0.504 e. The van der Waals surface area contributed by atoms with Gasteiger partial charge in [0.05, 0.1) is 21.4 Å². The van der Waals surface area contributed by atoms with Crippen molar-refractivity contribution in [1.29, 1.82) is 0 Å². The van der Waals surface area contributed by atoms with Crippen molar-refractivity contribution in [3.05, 3.63) is 46.4 Å². The van der Waals surface area contributed by atoms with Crippen LogP contribution in [0.25, 0.3) is 0 Å². The van der Waals surface area contributed by atoms with Crippen LogP contribution in [0.3, 0.4) is 0 Å². The molecule has 0 saturated heterocycles. The van der Waals surface area contributed by atoms with Gasteiger partial charge in [-0.2, -0.15) is 0 Å². The zero-order valence-corrected chi connectivity index (χ0v) is 20.2. The first kappa shape index (κ1) is 28.8. The van der Waals surface area contributed by atoms with Crippen molar-refractivity contribution in [1.82, 2.24) is 4.72 Å². The number of aromatic hydroxyl groups is 1. The molecule has 2 amide bonds. The molecule has 0 radical (unpaired) electrons. The molecular weight excluding hydrogens is 519 g/mol. The number of anilines is 2. The Morgan fingerprint density at radius 1 is 1.00 bits per heavy atom. The zero-order valence-electron chi connectivity index (χ0n) is 17.0. The molecule has 0 aliphatic heterocycles. The molecule has 2 rings (SSSR count). The summed E-state index contributed by atoms with van der Waals surface area (Å²) in [6.45, 7) is -0.0326. The van der Waals surface area contributed by atoms with Gasteiger partial charge in [0.15, 0.2) is 5.75 Å². The maximum atomic E-state index is 12.6. The zero-order chi connectivity index (χ0) is 23.9. The molecule has 0 heterocycles. The predicted molar refractivity (Wildman–Crippen MR) is 129 cm³/mol. The summed E-state index contributed by atoms with van der Waals surface area (Å²) >= 11 is 12.0. The molecule has 0 spiro atoms. The number of benzene rings is 2. The molecule has 0 saturated carbocycles. The van der Waals surface area contributed by atoms with Crippen molar-refractivity contribution >= 4 is 69.0 Å². The number of nitrogens with one attached hydrogen (secondary N) is 3. The van der Waals surface area contributed by atoms with Crippen LogP contribution in [0.15, 0.2) is 41.3 Å². The second-order valence-electron chi connectivity index (χ2n) is 6.67. The van der Waals surface area contributed by atoms with Gasteiger partial charge < -0.3 is 26.6 Å². The topological polar surface area (TPSA) is 171 Å². The maximum Gasteiger partial charge on any atom is 0.323 e. The van der Waals surface area contributed by atoms with Gasteiger partial charge in [0, 0.05) is 6.54 Å². The summed E-state index contributed by atoms with van der Waals surface area (Å²) in [6, 6.07) is 7.15. The quantitative estimate of drug-likeness (QED) is 0.197. The number of carbonyl (C=O) groups excluding carboxylic acids is 1. The average Bonchev–Trinajstić information content (AvgIpc) is 2.71. The lowest BCUT2D eigenvalue weighted by molar-refractivity contribution is -0.138. The fourth-order valence-corrected chi connectivity index (χ4v) is 4.52. The van der Waals surface area contributed by atoms with Gasteiger partial charge in [-0.15, -0.1) is 12.4 Å². The molecule has 1 atom stereocenters. The van der Waals surface area contributed by atoms with Crippen molar-refractivity contribution in [2.45, 2.75) is 30.2 Å². The van der Waals surface area contributed by atoms with Crippen LogP contribution in [0.5, 0.6) is 5.75 Å². The van der Waals surface area contributed by atoms with Crippen LogP contribution in [-0.4, -0.2) is 43.2 Å². The first-order chi connectivity index (χ1) is 15.0. The fourth-order valence-electron chi connectivity index (χ4n) is 2.63. The highest BCUT2D eigenvalue weighted by Gasteiger charge is 2.25. The van der Waals surface area contributed by atoms with Gasteiger partial charge in [-0.3, -0.25) is 4.79 Å². The summed E-state index contributed by atoms with van der Waals surface area (Å²) in [4.78, 5) is 22.3. The molecule has 2 aromatic rings. The van der Waals surface area contributed by atoms with Gasteiger partial charge in [0.2, 0.25) is 10.0 Å². The standard InChI is InChI=1S/C19H22Cl2N4O6S.ClH/c20-11-5-1-2-7-14(11)24-19(29)25-15-9-8-12(21)17(16(15)26)32(30,31)23-10-4-3-6-13(22)18(27)28;/h1-2,5,7-9,13,23,26H,3-4,6,10,22H2,(H,27,28)(H2,24,25,29);1H. The summed E-state index contributed by atoms with van der Waals surface area (Å²) in [5, 5.41) is 24.1. The first-order valence-electron chi connectivity index (χ1n) is 9.35. The summed E-state index contributed by atoms with van der Waals surface area (Å²) in [5.74, 6) is -1.88. The van der Waals surface area contributed by atoms with E-state index in [0.29, 0.717) is 23.6 Å². The molecule has 0 aliphatic carbocycles. The molecule has 2 aromatic carbocycles. The monoisotopic (exact) mass is 540 g/mol. The number of hydrogen-bond donors (Lipinski definition) is 6. The van der Waals surface area contributed by atoms with Gasteiger partial charge in [-0.1, -0.05) is 41.8 Å². The van der Waals surface area contributed by atoms with E-state index in [9.17, 15) is 23.1 Å². The number of rotatable bonds is 10. The van der Waals surface area contributed by atoms with E-state index >= 15 is 0 Å². The summed E-state index contributed by atoms with van der Waals surface area (Å²) in [5.41, 5.74) is 5.52. The highest BCUT2D eigenvalue weighted by atomic mass is 35.5. The number of unbranched alkanes of at least 4 members (excludes halogenated alkanes) is 1. The Balaban J connectivity index is 0.00000544. The van der Waals surface area contributed by atoms with Gasteiger partial charge in [-0.05, 0) is 37.1 Å². The van der Waals surface area contributed by atoms with Gasteiger partial charge in [0.25, 0.3) is 0 Å². The Bertz CT molecular complexity index is 1100. The number of para-hydroxylation sites is 1. The Morgan fingerprint density at radius 3 is 2.27 bits per heavy atom. The number of aliphatic carboxylic acids is 1. The highest BCUT2D eigenvalue weighted by Crippen LogP contribution is 2.37. The molecule has 182 valence electrons. The smallest absolute Gasteiger partial charge is 0.323 e. The third kappa shape index (κ3) is 8.22. The SMILES string of the molecule is Cl.NC(CCCCNS(=O)(=O)c1c(Cl)ccc(NC(=O)Nc2ccccc2Cl)c1O)C(=O)O. The summed E-state index contributed by atoms with van der Waals surface area (Å²) in [7, 11) is -4.23. The number of nitrogens with two attached hydrogens (primary N) is 1. The number of halogens is 3. The van der Waals surface area contributed by atoms with Crippen LogP contribution in [0.1, 0.15) is 19.3 Å². The molecule has 0 fully saturated rings. The van der Waals surface area contributed by atoms with Gasteiger partial charge in [-0.25, -0.2) is 17.9 Å². The van der Waals surface area contributed by atoms with E-state index in [2.05, 4.69) is 15.4 Å². The van der Waals surface area contributed by atoms with Crippen LogP contribution < -0.4 is 21.1 Å². The van der Waals surface area contributed by atoms with Crippen LogP contribution >= 0.6 is 35.6 Å². The minimum absolute atomic E-state index is 0. The van der Waals surface area contributed by atoms with E-state index in [1.54, 1.807) is 24.3 Å². The number of phenols is 1. The van der Waals surface area contributed by atoms with Gasteiger partial charge in [0.1, 0.15) is 10.9 Å². The lowest BCUT2D eigenvalue weighted by atomic mass is 10.1. The Kier molecular flexibility index (Phi) is 11.2. The molecule has 33 heavy (non-hydrogen) atoms. The van der Waals surface area contributed by atoms with Crippen molar-refractivity contribution < 1.29 is 28.2 Å². The number of carbonyl (C=O) groups is 2. The second-order valence-corrected chi connectivity index (χ2v) is 9.19. The molecule has 10 nitrogen and oxygen atoms in total. The van der Waals surface area contributed by atoms with Crippen LogP contribution in [0.4, 0.5) is 16.2 Å². The lowest BCUT2D eigenvalue weighted by Crippen LogP contribution is -2.30. The van der Waals surface area contributed by atoms with Crippen molar-refractivity contribution in [2.75, 3.05) is 17.2 Å². The fraction of sp³-hybridized carbons (Fsp3) is 0.263. The number of carboxylic acid groups (broad SMARTS) is 1. The molecule has 14 heteroatoms. The Morgan fingerprint density at radius 2 is 1.64 bits per heavy atom. The van der Waals surface area contributed by atoms with Crippen molar-refractivity contribution in [3.8, 4) is 5.75 Å². The van der Waals surface area contributed by atoms with Gasteiger partial charge >= 0.3 is 12.0 Å². The normalized spacial score (nSPS) is 11.8. The lowest BCUT2D eigenvalue weighted by Gasteiger charge is -2.15. The number of urea groups is 1. The number of phenolic OH excluding ortho intramolecular Hbond substituents is 1. The van der Waals surface area contributed by atoms with E-state index in [4.69, 9.17) is 34.0 Å². The molecule has 0 bridgehead atoms. The van der Waals surface area contributed by atoms with E-state index in [1.165, 1.54) is 12.1 Å².